The van der Waals surface area contributed by atoms with Crippen LogP contribution in [0.15, 0.2) is 12.2 Å². The summed E-state index contributed by atoms with van der Waals surface area (Å²) in [6.45, 7) is 9.58. The molecule has 2 nitrogen and oxygen atoms in total. The van der Waals surface area contributed by atoms with Crippen LogP contribution < -0.4 is 5.73 Å². The third kappa shape index (κ3) is 2.15. The van der Waals surface area contributed by atoms with Crippen molar-refractivity contribution in [2.75, 3.05) is 6.54 Å². The quantitative estimate of drug-likeness (QED) is 0.625. The van der Waals surface area contributed by atoms with Gasteiger partial charge in [-0.2, -0.15) is 0 Å². The smallest absolute Gasteiger partial charge is 0.165 e. The number of carbonyl (C=O) groups excluding carboxylic acids is 1. The zero-order valence-electron chi connectivity index (χ0n) is 7.61. The molecule has 0 aromatic carbocycles. The first kappa shape index (κ1) is 10.4. The predicted octanol–water partition coefficient (Wildman–Crippen LogP) is 1.51. The second-order valence-corrected chi connectivity index (χ2v) is 3.23. The van der Waals surface area contributed by atoms with Gasteiger partial charge in [-0.3, -0.25) is 4.79 Å². The Balaban J connectivity index is 4.50. The molecule has 0 aliphatic rings. The van der Waals surface area contributed by atoms with E-state index >= 15 is 0 Å². The number of ketones is 1. The maximum Gasteiger partial charge on any atom is 0.165 e. The van der Waals surface area contributed by atoms with Crippen LogP contribution in [0.3, 0.4) is 0 Å². The normalized spacial score (nSPS) is 15.6. The van der Waals surface area contributed by atoms with Crippen LogP contribution in [0.4, 0.5) is 0 Å². The van der Waals surface area contributed by atoms with Crippen LogP contribution in [-0.2, 0) is 4.79 Å². The monoisotopic (exact) mass is 155 g/mol. The average Bonchev–Trinajstić information content (AvgIpc) is 2.01. The van der Waals surface area contributed by atoms with Crippen molar-refractivity contribution in [3.63, 3.8) is 0 Å². The lowest BCUT2D eigenvalue weighted by Gasteiger charge is -2.24. The molecule has 1 atom stereocenters. The van der Waals surface area contributed by atoms with Crippen molar-refractivity contribution in [2.24, 2.45) is 11.1 Å². The minimum absolute atomic E-state index is 0.0856. The maximum absolute atomic E-state index is 11.4. The van der Waals surface area contributed by atoms with Gasteiger partial charge in [0, 0.05) is 12.0 Å². The number of allylic oxidation sites excluding steroid dienone is 1. The Labute approximate surface area is 68.5 Å². The Morgan fingerprint density at radius 2 is 2.09 bits per heavy atom. The van der Waals surface area contributed by atoms with Gasteiger partial charge in [0.2, 0.25) is 0 Å². The molecule has 0 heterocycles. The average molecular weight is 155 g/mol. The molecule has 2 heteroatoms. The summed E-state index contributed by atoms with van der Waals surface area (Å²) < 4.78 is 0. The Morgan fingerprint density at radius 3 is 2.18 bits per heavy atom. The van der Waals surface area contributed by atoms with E-state index in [-0.39, 0.29) is 5.78 Å². The Bertz CT molecular complexity index is 168. The van der Waals surface area contributed by atoms with Gasteiger partial charge in [0.1, 0.15) is 0 Å². The van der Waals surface area contributed by atoms with E-state index < -0.39 is 5.41 Å². The SMILES string of the molecule is C=C(C)C(=O)C(C)(CC)CN. The van der Waals surface area contributed by atoms with Crippen LogP contribution in [0.25, 0.3) is 0 Å². The molecule has 2 N–H and O–H groups in total. The third-order valence-electron chi connectivity index (χ3n) is 2.17. The first-order chi connectivity index (χ1) is 4.98. The van der Waals surface area contributed by atoms with E-state index in [1.54, 1.807) is 6.92 Å². The van der Waals surface area contributed by atoms with Gasteiger partial charge in [0.25, 0.3) is 0 Å². The van der Waals surface area contributed by atoms with Gasteiger partial charge in [-0.15, -0.1) is 0 Å². The van der Waals surface area contributed by atoms with E-state index in [1.807, 2.05) is 13.8 Å². The van der Waals surface area contributed by atoms with E-state index in [4.69, 9.17) is 5.73 Å². The fourth-order valence-electron chi connectivity index (χ4n) is 0.913. The molecule has 0 aromatic heterocycles. The van der Waals surface area contributed by atoms with Gasteiger partial charge in [0.05, 0.1) is 0 Å². The van der Waals surface area contributed by atoms with Gasteiger partial charge >= 0.3 is 0 Å². The predicted molar refractivity (Wildman–Crippen MR) is 47.3 cm³/mol. The summed E-state index contributed by atoms with van der Waals surface area (Å²) in [5.41, 5.74) is 5.69. The lowest BCUT2D eigenvalue weighted by molar-refractivity contribution is -0.123. The van der Waals surface area contributed by atoms with E-state index in [2.05, 4.69) is 6.58 Å². The van der Waals surface area contributed by atoms with Crippen molar-refractivity contribution in [2.45, 2.75) is 27.2 Å². The van der Waals surface area contributed by atoms with Crippen LogP contribution >= 0.6 is 0 Å². The Kier molecular flexibility index (Phi) is 3.46. The molecular weight excluding hydrogens is 138 g/mol. The topological polar surface area (TPSA) is 43.1 Å². The number of nitrogens with two attached hydrogens (primary N) is 1. The maximum atomic E-state index is 11.4. The summed E-state index contributed by atoms with van der Waals surface area (Å²) in [5, 5.41) is 0. The highest BCUT2D eigenvalue weighted by Crippen LogP contribution is 2.23. The molecule has 0 bridgehead atoms. The molecule has 0 radical (unpaired) electrons. The van der Waals surface area contributed by atoms with Crippen molar-refractivity contribution in [1.29, 1.82) is 0 Å². The zero-order chi connectivity index (χ0) is 9.07. The van der Waals surface area contributed by atoms with Crippen LogP contribution in [0.2, 0.25) is 0 Å². The van der Waals surface area contributed by atoms with Crippen molar-refractivity contribution in [3.8, 4) is 0 Å². The summed E-state index contributed by atoms with van der Waals surface area (Å²) in [5.74, 6) is 0.0856. The summed E-state index contributed by atoms with van der Waals surface area (Å²) >= 11 is 0. The standard InChI is InChI=1S/C9H17NO/c1-5-9(4,6-10)8(11)7(2)3/h2,5-6,10H2,1,3-4H3. The second kappa shape index (κ2) is 3.67. The molecule has 64 valence electrons. The number of hydrogen-bond donors (Lipinski definition) is 1. The minimum atomic E-state index is -0.397. The summed E-state index contributed by atoms with van der Waals surface area (Å²) in [6.07, 6.45) is 0.773. The van der Waals surface area contributed by atoms with Gasteiger partial charge in [-0.25, -0.2) is 0 Å². The number of Topliss-reactive ketones (excluding diaryl/α,β-unsaturated/α-hetero) is 1. The lowest BCUT2D eigenvalue weighted by Crippen LogP contribution is -2.35. The largest absolute Gasteiger partial charge is 0.329 e. The molecule has 0 amide bonds. The van der Waals surface area contributed by atoms with E-state index in [1.165, 1.54) is 0 Å². The highest BCUT2D eigenvalue weighted by molar-refractivity contribution is 5.98. The number of carbonyl (C=O) groups is 1. The summed E-state index contributed by atoms with van der Waals surface area (Å²) in [4.78, 5) is 11.4. The van der Waals surface area contributed by atoms with Crippen LogP contribution in [0.1, 0.15) is 27.2 Å². The Hall–Kier alpha value is -0.630. The van der Waals surface area contributed by atoms with E-state index in [0.717, 1.165) is 6.42 Å². The molecule has 0 aromatic rings. The molecule has 0 aliphatic heterocycles. The molecule has 0 saturated heterocycles. The number of rotatable bonds is 4. The lowest BCUT2D eigenvalue weighted by atomic mass is 9.80. The minimum Gasteiger partial charge on any atom is -0.329 e. The first-order valence-corrected chi connectivity index (χ1v) is 3.88. The van der Waals surface area contributed by atoms with Gasteiger partial charge in [-0.1, -0.05) is 20.4 Å². The molecule has 11 heavy (non-hydrogen) atoms. The van der Waals surface area contributed by atoms with Crippen molar-refractivity contribution in [3.05, 3.63) is 12.2 Å². The van der Waals surface area contributed by atoms with E-state index in [0.29, 0.717) is 12.1 Å². The highest BCUT2D eigenvalue weighted by Gasteiger charge is 2.29. The van der Waals surface area contributed by atoms with Gasteiger partial charge < -0.3 is 5.73 Å². The van der Waals surface area contributed by atoms with Crippen LogP contribution in [-0.4, -0.2) is 12.3 Å². The van der Waals surface area contributed by atoms with Crippen molar-refractivity contribution in [1.82, 2.24) is 0 Å². The van der Waals surface area contributed by atoms with Gasteiger partial charge in [0.15, 0.2) is 5.78 Å². The fraction of sp³-hybridized carbons (Fsp3) is 0.667. The van der Waals surface area contributed by atoms with Crippen LogP contribution in [0, 0.1) is 5.41 Å². The molecule has 0 rings (SSSR count). The highest BCUT2D eigenvalue weighted by atomic mass is 16.1. The van der Waals surface area contributed by atoms with Crippen molar-refractivity contribution >= 4 is 5.78 Å². The molecule has 0 spiro atoms. The fourth-order valence-corrected chi connectivity index (χ4v) is 0.913. The second-order valence-electron chi connectivity index (χ2n) is 3.23. The Morgan fingerprint density at radius 1 is 1.64 bits per heavy atom. The zero-order valence-corrected chi connectivity index (χ0v) is 7.61. The number of hydrogen-bond acceptors (Lipinski definition) is 2. The molecule has 1 unspecified atom stereocenters. The van der Waals surface area contributed by atoms with Crippen molar-refractivity contribution < 1.29 is 4.79 Å². The molecule has 0 aliphatic carbocycles. The molecular formula is C9H17NO. The molecule has 0 saturated carbocycles. The third-order valence-corrected chi connectivity index (χ3v) is 2.17. The van der Waals surface area contributed by atoms with E-state index in [9.17, 15) is 4.79 Å². The summed E-state index contributed by atoms with van der Waals surface area (Å²) in [7, 11) is 0. The van der Waals surface area contributed by atoms with Gasteiger partial charge in [-0.05, 0) is 18.9 Å². The summed E-state index contributed by atoms with van der Waals surface area (Å²) in [6, 6.07) is 0. The first-order valence-electron chi connectivity index (χ1n) is 3.88. The molecule has 0 fully saturated rings. The van der Waals surface area contributed by atoms with Crippen LogP contribution in [0.5, 0.6) is 0 Å².